The predicted octanol–water partition coefficient (Wildman–Crippen LogP) is 3.93. The largest absolute Gasteiger partial charge is 0.467 e. The molecule has 2 heterocycles. The maximum atomic E-state index is 13.7. The summed E-state index contributed by atoms with van der Waals surface area (Å²) in [5, 5.41) is 2.77. The lowest BCUT2D eigenvalue weighted by Crippen LogP contribution is -2.22. The minimum absolute atomic E-state index is 0.0924. The summed E-state index contributed by atoms with van der Waals surface area (Å²) < 4.78 is 24.5. The first-order valence-electron chi connectivity index (χ1n) is 7.35. The Balaban J connectivity index is 1.53. The van der Waals surface area contributed by atoms with Gasteiger partial charge in [-0.2, -0.15) is 0 Å². The lowest BCUT2D eigenvalue weighted by atomic mass is 10.1. The van der Waals surface area contributed by atoms with Crippen LogP contribution in [0.1, 0.15) is 17.9 Å². The number of carbonyl (C=O) groups is 1. The molecular weight excluding hydrogens is 297 g/mol. The van der Waals surface area contributed by atoms with Crippen LogP contribution < -0.4 is 5.32 Å². The van der Waals surface area contributed by atoms with E-state index in [0.29, 0.717) is 42.2 Å². The minimum atomic E-state index is -0.329. The molecule has 3 aromatic rings. The summed E-state index contributed by atoms with van der Waals surface area (Å²) in [6.45, 7) is 0.366. The Bertz CT molecular complexity index is 777. The third-order valence-electron chi connectivity index (χ3n) is 3.44. The first kappa shape index (κ1) is 15.1. The highest BCUT2D eigenvalue weighted by Gasteiger charge is 2.10. The van der Waals surface area contributed by atoms with Crippen LogP contribution in [0.4, 0.5) is 4.39 Å². The summed E-state index contributed by atoms with van der Waals surface area (Å²) in [4.78, 5) is 11.8. The van der Waals surface area contributed by atoms with Gasteiger partial charge in [0.2, 0.25) is 5.91 Å². The highest BCUT2D eigenvalue weighted by atomic mass is 19.1. The average Bonchev–Trinajstić information content (AvgIpc) is 3.23. The van der Waals surface area contributed by atoms with Gasteiger partial charge in [-0.1, -0.05) is 12.1 Å². The van der Waals surface area contributed by atoms with E-state index < -0.39 is 0 Å². The smallest absolute Gasteiger partial charge is 0.220 e. The summed E-state index contributed by atoms with van der Waals surface area (Å²) in [5.41, 5.74) is 0.418. The highest BCUT2D eigenvalue weighted by molar-refractivity contribution is 5.76. The van der Waals surface area contributed by atoms with Crippen LogP contribution in [0.3, 0.4) is 0 Å². The molecule has 1 aromatic carbocycles. The third-order valence-corrected chi connectivity index (χ3v) is 3.44. The molecule has 3 rings (SSSR count). The van der Waals surface area contributed by atoms with E-state index in [4.69, 9.17) is 8.83 Å². The minimum Gasteiger partial charge on any atom is -0.467 e. The molecule has 0 aliphatic rings. The molecule has 4 nitrogen and oxygen atoms in total. The summed E-state index contributed by atoms with van der Waals surface area (Å²) in [6.07, 6.45) is 2.32. The monoisotopic (exact) mass is 313 g/mol. The Kier molecular flexibility index (Phi) is 4.57. The maximum absolute atomic E-state index is 13.7. The molecule has 0 saturated heterocycles. The number of aryl methyl sites for hydroxylation is 1. The first-order valence-corrected chi connectivity index (χ1v) is 7.35. The molecule has 0 saturated carbocycles. The normalized spacial score (nSPS) is 10.7. The predicted molar refractivity (Wildman–Crippen MR) is 83.0 cm³/mol. The molecule has 0 spiro atoms. The second-order valence-electron chi connectivity index (χ2n) is 5.10. The zero-order chi connectivity index (χ0) is 16.1. The fourth-order valence-corrected chi connectivity index (χ4v) is 2.24. The van der Waals surface area contributed by atoms with Gasteiger partial charge < -0.3 is 14.2 Å². The molecule has 0 aliphatic carbocycles. The van der Waals surface area contributed by atoms with Gasteiger partial charge in [-0.15, -0.1) is 0 Å². The van der Waals surface area contributed by atoms with Gasteiger partial charge in [-0.3, -0.25) is 4.79 Å². The zero-order valence-corrected chi connectivity index (χ0v) is 12.4. The van der Waals surface area contributed by atoms with Gasteiger partial charge in [0.05, 0.1) is 18.4 Å². The van der Waals surface area contributed by atoms with Crippen LogP contribution in [0.5, 0.6) is 0 Å². The van der Waals surface area contributed by atoms with E-state index in [2.05, 4.69) is 5.32 Å². The fraction of sp³-hybridized carbons (Fsp3) is 0.167. The molecule has 0 atom stereocenters. The summed E-state index contributed by atoms with van der Waals surface area (Å²) in [5.74, 6) is 1.40. The van der Waals surface area contributed by atoms with Crippen molar-refractivity contribution in [2.45, 2.75) is 19.4 Å². The first-order chi connectivity index (χ1) is 11.2. The second kappa shape index (κ2) is 6.96. The number of furan rings is 2. The van der Waals surface area contributed by atoms with Gasteiger partial charge in [0, 0.05) is 12.8 Å². The number of benzene rings is 1. The molecule has 118 valence electrons. The molecule has 0 unspecified atom stereocenters. The lowest BCUT2D eigenvalue weighted by molar-refractivity contribution is -0.121. The van der Waals surface area contributed by atoms with Crippen molar-refractivity contribution in [3.8, 4) is 11.3 Å². The Morgan fingerprint density at radius 3 is 2.70 bits per heavy atom. The van der Waals surface area contributed by atoms with Crippen molar-refractivity contribution in [2.75, 3.05) is 0 Å². The number of nitrogens with one attached hydrogen (secondary N) is 1. The number of hydrogen-bond donors (Lipinski definition) is 1. The van der Waals surface area contributed by atoms with E-state index in [9.17, 15) is 9.18 Å². The van der Waals surface area contributed by atoms with E-state index in [-0.39, 0.29) is 11.7 Å². The van der Waals surface area contributed by atoms with Gasteiger partial charge in [0.1, 0.15) is 23.1 Å². The Morgan fingerprint density at radius 2 is 1.91 bits per heavy atom. The van der Waals surface area contributed by atoms with Crippen molar-refractivity contribution in [3.63, 3.8) is 0 Å². The number of amides is 1. The van der Waals surface area contributed by atoms with E-state index in [1.165, 1.54) is 6.07 Å². The number of halogens is 1. The molecule has 5 heteroatoms. The summed E-state index contributed by atoms with van der Waals surface area (Å²) in [7, 11) is 0. The molecular formula is C18H16FNO3. The Labute approximate surface area is 132 Å². The van der Waals surface area contributed by atoms with Gasteiger partial charge in [-0.25, -0.2) is 4.39 Å². The lowest BCUT2D eigenvalue weighted by Gasteiger charge is -2.02. The van der Waals surface area contributed by atoms with Crippen LogP contribution in [0.25, 0.3) is 11.3 Å². The van der Waals surface area contributed by atoms with Crippen molar-refractivity contribution in [1.29, 1.82) is 0 Å². The zero-order valence-electron chi connectivity index (χ0n) is 12.4. The van der Waals surface area contributed by atoms with Crippen molar-refractivity contribution in [2.24, 2.45) is 0 Å². The maximum Gasteiger partial charge on any atom is 0.220 e. The van der Waals surface area contributed by atoms with E-state index in [1.807, 2.05) is 0 Å². The van der Waals surface area contributed by atoms with Crippen LogP contribution in [-0.2, 0) is 17.8 Å². The number of hydrogen-bond acceptors (Lipinski definition) is 3. The van der Waals surface area contributed by atoms with Gasteiger partial charge >= 0.3 is 0 Å². The molecule has 2 aromatic heterocycles. The molecule has 0 fully saturated rings. The van der Waals surface area contributed by atoms with Gasteiger partial charge in [-0.05, 0) is 36.4 Å². The Morgan fingerprint density at radius 1 is 1.04 bits per heavy atom. The van der Waals surface area contributed by atoms with Crippen LogP contribution in [-0.4, -0.2) is 5.91 Å². The molecule has 0 aliphatic heterocycles. The van der Waals surface area contributed by atoms with E-state index >= 15 is 0 Å². The highest BCUT2D eigenvalue weighted by Crippen LogP contribution is 2.25. The van der Waals surface area contributed by atoms with Crippen molar-refractivity contribution >= 4 is 5.91 Å². The standard InChI is InChI=1S/C18H16FNO3/c19-16-6-2-1-5-15(16)17-9-7-13(23-17)8-10-18(21)20-12-14-4-3-11-22-14/h1-7,9,11H,8,10,12H2,(H,20,21). The van der Waals surface area contributed by atoms with Crippen LogP contribution >= 0.6 is 0 Å². The van der Waals surface area contributed by atoms with Crippen LogP contribution in [0.2, 0.25) is 0 Å². The van der Waals surface area contributed by atoms with Gasteiger partial charge in [0.15, 0.2) is 0 Å². The van der Waals surface area contributed by atoms with Crippen LogP contribution in [0.15, 0.2) is 63.6 Å². The molecule has 1 N–H and O–H groups in total. The SMILES string of the molecule is O=C(CCc1ccc(-c2ccccc2F)o1)NCc1ccco1. The molecule has 23 heavy (non-hydrogen) atoms. The van der Waals surface area contributed by atoms with Crippen molar-refractivity contribution < 1.29 is 18.0 Å². The molecule has 0 bridgehead atoms. The molecule has 1 amide bonds. The third kappa shape index (κ3) is 3.88. The Hall–Kier alpha value is -2.82. The van der Waals surface area contributed by atoms with Crippen LogP contribution in [0, 0.1) is 5.82 Å². The van der Waals surface area contributed by atoms with Crippen molar-refractivity contribution in [1.82, 2.24) is 5.32 Å². The fourth-order valence-electron chi connectivity index (χ4n) is 2.24. The van der Waals surface area contributed by atoms with E-state index in [1.54, 1.807) is 48.7 Å². The molecule has 0 radical (unpaired) electrons. The topological polar surface area (TPSA) is 55.4 Å². The van der Waals surface area contributed by atoms with Gasteiger partial charge in [0.25, 0.3) is 0 Å². The summed E-state index contributed by atoms with van der Waals surface area (Å²) >= 11 is 0. The van der Waals surface area contributed by atoms with Crippen molar-refractivity contribution in [3.05, 3.63) is 72.1 Å². The second-order valence-corrected chi connectivity index (χ2v) is 5.10. The number of carbonyl (C=O) groups excluding carboxylic acids is 1. The summed E-state index contributed by atoms with van der Waals surface area (Å²) in [6, 6.07) is 13.5. The van der Waals surface area contributed by atoms with E-state index in [0.717, 1.165) is 0 Å². The average molecular weight is 313 g/mol. The quantitative estimate of drug-likeness (QED) is 0.750. The number of rotatable bonds is 6.